The molecule has 2 N–H and O–H groups in total. The van der Waals surface area contributed by atoms with E-state index < -0.39 is 16.2 Å². The average molecular weight is 528 g/mol. The second-order valence-electron chi connectivity index (χ2n) is 7.57. The highest BCUT2D eigenvalue weighted by atomic mass is 35.5. The van der Waals surface area contributed by atoms with Crippen molar-refractivity contribution in [1.29, 1.82) is 0 Å². The third kappa shape index (κ3) is 4.92. The minimum absolute atomic E-state index is 0.204. The first kappa shape index (κ1) is 23.4. The molecule has 1 aliphatic rings. The van der Waals surface area contributed by atoms with Crippen LogP contribution in [0.2, 0.25) is 10.0 Å². The van der Waals surface area contributed by atoms with E-state index in [0.717, 1.165) is 10.4 Å². The third-order valence-electron chi connectivity index (χ3n) is 5.28. The van der Waals surface area contributed by atoms with Crippen LogP contribution in [0.4, 0.5) is 5.00 Å². The molecule has 4 rings (SSSR count). The summed E-state index contributed by atoms with van der Waals surface area (Å²) in [5, 5.41) is 7.19. The van der Waals surface area contributed by atoms with Crippen LogP contribution in [0.1, 0.15) is 32.3 Å². The van der Waals surface area contributed by atoms with Crippen molar-refractivity contribution in [2.75, 3.05) is 5.32 Å². The van der Waals surface area contributed by atoms with Crippen molar-refractivity contribution in [1.82, 2.24) is 5.32 Å². The molecule has 1 heterocycles. The number of nitrogens with one attached hydrogen (secondary N) is 2. The maximum Gasteiger partial charge on any atom is 0.252 e. The summed E-state index contributed by atoms with van der Waals surface area (Å²) < 4.78 is -1.26. The lowest BCUT2D eigenvalue weighted by Gasteiger charge is -2.04. The van der Waals surface area contributed by atoms with Gasteiger partial charge < -0.3 is 10.6 Å². The molecule has 0 spiro atoms. The summed E-state index contributed by atoms with van der Waals surface area (Å²) in [6.07, 6.45) is 0. The van der Waals surface area contributed by atoms with Crippen molar-refractivity contribution in [3.05, 3.63) is 86.2 Å². The zero-order chi connectivity index (χ0) is 23.0. The van der Waals surface area contributed by atoms with Crippen molar-refractivity contribution in [3.63, 3.8) is 0 Å². The molecule has 1 fully saturated rings. The molecule has 0 aliphatic heterocycles. The molecule has 2 amide bonds. The Kier molecular flexibility index (Phi) is 6.76. The fourth-order valence-corrected chi connectivity index (χ4v) is 5.96. The number of carbonyl (C=O) groups is 2. The number of aryl methyl sites for hydroxylation is 1. The summed E-state index contributed by atoms with van der Waals surface area (Å²) >= 11 is 26.3. The molecule has 9 heteroatoms. The van der Waals surface area contributed by atoms with Gasteiger partial charge in [0, 0.05) is 27.4 Å². The molecule has 0 saturated heterocycles. The van der Waals surface area contributed by atoms with Crippen molar-refractivity contribution >= 4 is 74.6 Å². The van der Waals surface area contributed by atoms with Gasteiger partial charge in [-0.1, -0.05) is 53.5 Å². The molecule has 2 atom stereocenters. The standard InChI is InChI=1S/C23H18Cl4N2O2S/c1-12-17(21(30)28-11-13-5-3-2-4-6-13)10-18(32-12)29-22(31)20-19(23(20,26)27)14-7-15(24)9-16(25)8-14/h2-10,19-20H,11H2,1H3,(H,28,30)(H,29,31). The fraction of sp³-hybridized carbons (Fsp3) is 0.217. The van der Waals surface area contributed by atoms with Crippen LogP contribution in [-0.2, 0) is 11.3 Å². The molecule has 1 aromatic heterocycles. The van der Waals surface area contributed by atoms with Crippen LogP contribution in [0.15, 0.2) is 54.6 Å². The SMILES string of the molecule is Cc1sc(NC(=O)C2C(c3cc(Cl)cc(Cl)c3)C2(Cl)Cl)cc1C(=O)NCc1ccccc1. The molecule has 1 aliphatic carbocycles. The number of benzene rings is 2. The second-order valence-corrected chi connectivity index (χ2v) is 11.1. The summed E-state index contributed by atoms with van der Waals surface area (Å²) in [5.41, 5.74) is 2.22. The normalized spacial score (nSPS) is 18.8. The first-order valence-electron chi connectivity index (χ1n) is 9.74. The topological polar surface area (TPSA) is 58.2 Å². The van der Waals surface area contributed by atoms with Gasteiger partial charge in [-0.3, -0.25) is 9.59 Å². The lowest BCUT2D eigenvalue weighted by atomic mass is 10.1. The molecule has 0 radical (unpaired) electrons. The highest BCUT2D eigenvalue weighted by Gasteiger charge is 2.67. The van der Waals surface area contributed by atoms with E-state index >= 15 is 0 Å². The molecule has 3 aromatic rings. The van der Waals surface area contributed by atoms with Gasteiger partial charge in [-0.2, -0.15) is 0 Å². The summed E-state index contributed by atoms with van der Waals surface area (Å²) in [6, 6.07) is 16.3. The van der Waals surface area contributed by atoms with Crippen LogP contribution < -0.4 is 10.6 Å². The van der Waals surface area contributed by atoms with E-state index in [1.54, 1.807) is 24.3 Å². The van der Waals surface area contributed by atoms with Gasteiger partial charge in [-0.15, -0.1) is 34.5 Å². The predicted octanol–water partition coefficient (Wildman–Crippen LogP) is 6.82. The van der Waals surface area contributed by atoms with Gasteiger partial charge >= 0.3 is 0 Å². The Morgan fingerprint density at radius 2 is 1.69 bits per heavy atom. The Morgan fingerprint density at radius 3 is 2.34 bits per heavy atom. The Balaban J connectivity index is 1.43. The van der Waals surface area contributed by atoms with E-state index in [2.05, 4.69) is 10.6 Å². The number of amides is 2. The van der Waals surface area contributed by atoms with Crippen molar-refractivity contribution in [2.24, 2.45) is 5.92 Å². The highest BCUT2D eigenvalue weighted by Crippen LogP contribution is 2.65. The largest absolute Gasteiger partial charge is 0.348 e. The molecule has 2 aromatic carbocycles. The van der Waals surface area contributed by atoms with Crippen LogP contribution in [-0.4, -0.2) is 16.1 Å². The highest BCUT2D eigenvalue weighted by molar-refractivity contribution is 7.16. The van der Waals surface area contributed by atoms with Crippen LogP contribution in [0.3, 0.4) is 0 Å². The quantitative estimate of drug-likeness (QED) is 0.345. The molecule has 0 bridgehead atoms. The number of thiophene rings is 1. The minimum atomic E-state index is -1.26. The molecule has 1 saturated carbocycles. The average Bonchev–Trinajstić information content (AvgIpc) is 3.13. The van der Waals surface area contributed by atoms with E-state index in [-0.39, 0.29) is 11.8 Å². The van der Waals surface area contributed by atoms with Gasteiger partial charge in [0.2, 0.25) is 5.91 Å². The fourth-order valence-electron chi connectivity index (χ4n) is 3.66. The first-order chi connectivity index (χ1) is 15.2. The molecular formula is C23H18Cl4N2O2S. The molecular weight excluding hydrogens is 510 g/mol. The predicted molar refractivity (Wildman–Crippen MR) is 132 cm³/mol. The maximum atomic E-state index is 12.9. The molecule has 4 nitrogen and oxygen atoms in total. The van der Waals surface area contributed by atoms with Crippen LogP contribution in [0.5, 0.6) is 0 Å². The van der Waals surface area contributed by atoms with E-state index in [1.165, 1.54) is 11.3 Å². The summed E-state index contributed by atoms with van der Waals surface area (Å²) in [7, 11) is 0. The number of alkyl halides is 2. The number of hydrogen-bond acceptors (Lipinski definition) is 3. The number of hydrogen-bond donors (Lipinski definition) is 2. The van der Waals surface area contributed by atoms with Crippen molar-refractivity contribution in [2.45, 2.75) is 23.7 Å². The van der Waals surface area contributed by atoms with Gasteiger partial charge in [-0.25, -0.2) is 0 Å². The van der Waals surface area contributed by atoms with E-state index in [9.17, 15) is 9.59 Å². The van der Waals surface area contributed by atoms with Crippen LogP contribution in [0, 0.1) is 12.8 Å². The van der Waals surface area contributed by atoms with Crippen LogP contribution in [0.25, 0.3) is 0 Å². The van der Waals surface area contributed by atoms with E-state index in [1.807, 2.05) is 37.3 Å². The lowest BCUT2D eigenvalue weighted by Crippen LogP contribution is -2.23. The second kappa shape index (κ2) is 9.24. The zero-order valence-electron chi connectivity index (χ0n) is 16.8. The Hall–Kier alpha value is -1.76. The zero-order valence-corrected chi connectivity index (χ0v) is 20.6. The van der Waals surface area contributed by atoms with E-state index in [0.29, 0.717) is 32.7 Å². The van der Waals surface area contributed by atoms with Gasteiger partial charge in [-0.05, 0) is 42.3 Å². The van der Waals surface area contributed by atoms with Gasteiger partial charge in [0.25, 0.3) is 5.91 Å². The number of rotatable bonds is 6. The lowest BCUT2D eigenvalue weighted by molar-refractivity contribution is -0.117. The molecule has 32 heavy (non-hydrogen) atoms. The molecule has 166 valence electrons. The number of halogens is 4. The smallest absolute Gasteiger partial charge is 0.252 e. The van der Waals surface area contributed by atoms with Crippen LogP contribution >= 0.6 is 57.7 Å². The monoisotopic (exact) mass is 526 g/mol. The Morgan fingerprint density at radius 1 is 1.03 bits per heavy atom. The summed E-state index contributed by atoms with van der Waals surface area (Å²) in [5.74, 6) is -1.63. The van der Waals surface area contributed by atoms with Gasteiger partial charge in [0.15, 0.2) is 0 Å². The van der Waals surface area contributed by atoms with Crippen molar-refractivity contribution < 1.29 is 9.59 Å². The van der Waals surface area contributed by atoms with Crippen molar-refractivity contribution in [3.8, 4) is 0 Å². The first-order valence-corrected chi connectivity index (χ1v) is 12.1. The summed E-state index contributed by atoms with van der Waals surface area (Å²) in [6.45, 7) is 2.25. The Bertz CT molecular complexity index is 1160. The Labute approximate surface area is 209 Å². The maximum absolute atomic E-state index is 12.9. The number of carbonyl (C=O) groups excluding carboxylic acids is 2. The number of anilines is 1. The van der Waals surface area contributed by atoms with E-state index in [4.69, 9.17) is 46.4 Å². The van der Waals surface area contributed by atoms with Gasteiger partial charge in [0.05, 0.1) is 16.5 Å². The third-order valence-corrected chi connectivity index (χ3v) is 7.63. The van der Waals surface area contributed by atoms with Gasteiger partial charge in [0.1, 0.15) is 4.33 Å². The molecule has 2 unspecified atom stereocenters. The minimum Gasteiger partial charge on any atom is -0.348 e. The summed E-state index contributed by atoms with van der Waals surface area (Å²) in [4.78, 5) is 26.3.